The third-order valence-corrected chi connectivity index (χ3v) is 2.96. The van der Waals surface area contributed by atoms with Crippen molar-refractivity contribution in [1.82, 2.24) is 9.78 Å². The normalized spacial score (nSPS) is 10.4. The van der Waals surface area contributed by atoms with Crippen molar-refractivity contribution in [3.05, 3.63) is 51.3 Å². The summed E-state index contributed by atoms with van der Waals surface area (Å²) in [5.74, 6) is 0.552. The van der Waals surface area contributed by atoms with Crippen molar-refractivity contribution < 1.29 is 9.66 Å². The maximum Gasteiger partial charge on any atom is 0.277 e. The van der Waals surface area contributed by atoms with Crippen LogP contribution in [0, 0.1) is 10.1 Å². The van der Waals surface area contributed by atoms with Crippen molar-refractivity contribution in [1.29, 1.82) is 0 Å². The topological polar surface area (TPSA) is 70.2 Å². The number of benzene rings is 1. The monoisotopic (exact) mass is 281 g/mol. The van der Waals surface area contributed by atoms with Gasteiger partial charge in [0.25, 0.3) is 5.69 Å². The molecule has 0 aliphatic heterocycles. The number of hydrogen-bond acceptors (Lipinski definition) is 4. The van der Waals surface area contributed by atoms with E-state index in [-0.39, 0.29) is 12.3 Å². The molecule has 2 rings (SSSR count). The number of rotatable bonds is 5. The van der Waals surface area contributed by atoms with Gasteiger partial charge in [-0.05, 0) is 13.0 Å². The molecule has 1 aromatic heterocycles. The number of aryl methyl sites for hydroxylation is 1. The zero-order valence-electron chi connectivity index (χ0n) is 10.2. The molecule has 1 aromatic carbocycles. The summed E-state index contributed by atoms with van der Waals surface area (Å²) < 4.78 is 7.18. The third kappa shape index (κ3) is 3.03. The maximum atomic E-state index is 10.9. The van der Waals surface area contributed by atoms with Crippen molar-refractivity contribution >= 4 is 17.3 Å². The predicted octanol–water partition coefficient (Wildman–Crippen LogP) is 3.04. The first-order chi connectivity index (χ1) is 9.11. The minimum absolute atomic E-state index is 0.0331. The van der Waals surface area contributed by atoms with Crippen LogP contribution in [0.1, 0.15) is 12.5 Å². The number of nitro benzene ring substituents is 1. The van der Waals surface area contributed by atoms with Crippen LogP contribution in [0.3, 0.4) is 0 Å². The fourth-order valence-corrected chi connectivity index (χ4v) is 1.83. The number of aromatic nitrogens is 2. The van der Waals surface area contributed by atoms with E-state index in [9.17, 15) is 10.1 Å². The summed E-state index contributed by atoms with van der Waals surface area (Å²) in [7, 11) is 0. The molecule has 0 spiro atoms. The van der Waals surface area contributed by atoms with E-state index in [1.165, 1.54) is 6.07 Å². The van der Waals surface area contributed by atoms with Gasteiger partial charge in [-0.3, -0.25) is 14.8 Å². The molecule has 100 valence electrons. The van der Waals surface area contributed by atoms with E-state index >= 15 is 0 Å². The number of ether oxygens (including phenoxy) is 1. The summed E-state index contributed by atoms with van der Waals surface area (Å²) in [5, 5.41) is 15.3. The van der Waals surface area contributed by atoms with Crippen molar-refractivity contribution in [2.75, 3.05) is 0 Å². The highest BCUT2D eigenvalue weighted by molar-refractivity contribution is 6.31. The van der Waals surface area contributed by atoms with Crippen LogP contribution in [0.5, 0.6) is 5.75 Å². The van der Waals surface area contributed by atoms with Gasteiger partial charge in [0, 0.05) is 12.6 Å². The highest BCUT2D eigenvalue weighted by Crippen LogP contribution is 2.27. The first-order valence-corrected chi connectivity index (χ1v) is 6.06. The predicted molar refractivity (Wildman–Crippen MR) is 70.3 cm³/mol. The molecule has 19 heavy (non-hydrogen) atoms. The number of halogens is 1. The van der Waals surface area contributed by atoms with Crippen LogP contribution in [0.15, 0.2) is 30.6 Å². The second-order valence-electron chi connectivity index (χ2n) is 3.82. The zero-order chi connectivity index (χ0) is 13.8. The second kappa shape index (κ2) is 5.71. The van der Waals surface area contributed by atoms with Crippen LogP contribution < -0.4 is 4.74 Å². The smallest absolute Gasteiger partial charge is 0.277 e. The molecule has 0 aliphatic carbocycles. The summed E-state index contributed by atoms with van der Waals surface area (Å²) in [6.45, 7) is 2.72. The fraction of sp³-hybridized carbons (Fsp3) is 0.250. The average Bonchev–Trinajstić information content (AvgIpc) is 2.85. The van der Waals surface area contributed by atoms with Crippen molar-refractivity contribution in [3.8, 4) is 5.75 Å². The summed E-state index contributed by atoms with van der Waals surface area (Å²) in [6, 6.07) is 4.54. The third-order valence-electron chi connectivity index (χ3n) is 2.61. The molecule has 7 heteroatoms. The van der Waals surface area contributed by atoms with Crippen molar-refractivity contribution in [2.24, 2.45) is 0 Å². The summed E-state index contributed by atoms with van der Waals surface area (Å²) in [4.78, 5) is 10.4. The second-order valence-corrected chi connectivity index (χ2v) is 4.22. The lowest BCUT2D eigenvalue weighted by Gasteiger charge is -2.06. The Morgan fingerprint density at radius 1 is 1.53 bits per heavy atom. The van der Waals surface area contributed by atoms with E-state index < -0.39 is 4.92 Å². The highest BCUT2D eigenvalue weighted by atomic mass is 35.5. The van der Waals surface area contributed by atoms with Crippen molar-refractivity contribution in [2.45, 2.75) is 20.1 Å². The minimum atomic E-state index is -0.472. The van der Waals surface area contributed by atoms with Gasteiger partial charge in [0.1, 0.15) is 6.61 Å². The van der Waals surface area contributed by atoms with Crippen LogP contribution in [0.2, 0.25) is 5.02 Å². The molecule has 0 atom stereocenters. The fourth-order valence-electron chi connectivity index (χ4n) is 1.61. The number of hydrogen-bond donors (Lipinski definition) is 0. The summed E-state index contributed by atoms with van der Waals surface area (Å²) >= 11 is 5.97. The lowest BCUT2D eigenvalue weighted by atomic mass is 10.2. The van der Waals surface area contributed by atoms with Crippen LogP contribution >= 0.6 is 11.6 Å². The number of nitrogens with zero attached hydrogens (tertiary/aromatic N) is 3. The van der Waals surface area contributed by atoms with E-state index in [2.05, 4.69) is 5.10 Å². The largest absolute Gasteiger partial charge is 0.485 e. The molecular formula is C12H12ClN3O3. The van der Waals surface area contributed by atoms with Crippen molar-refractivity contribution in [3.63, 3.8) is 0 Å². The van der Waals surface area contributed by atoms with E-state index in [1.54, 1.807) is 29.2 Å². The van der Waals surface area contributed by atoms with Crippen LogP contribution in [0.4, 0.5) is 5.69 Å². The zero-order valence-corrected chi connectivity index (χ0v) is 11.0. The Morgan fingerprint density at radius 2 is 2.32 bits per heavy atom. The van der Waals surface area contributed by atoms with Gasteiger partial charge in [-0.15, -0.1) is 0 Å². The Hall–Kier alpha value is -2.08. The van der Waals surface area contributed by atoms with E-state index in [4.69, 9.17) is 16.3 Å². The van der Waals surface area contributed by atoms with Gasteiger partial charge in [-0.1, -0.05) is 17.7 Å². The molecule has 0 aliphatic rings. The Balaban J connectivity index is 2.17. The standard InChI is InChI=1S/C12H12ClN3O3/c1-2-15-7-9(6-14-15)19-8-10-11(13)4-3-5-12(10)16(17)18/h3-7H,2,8H2,1H3. The molecule has 2 aromatic rings. The summed E-state index contributed by atoms with van der Waals surface area (Å²) in [5.41, 5.74) is 0.314. The maximum absolute atomic E-state index is 10.9. The van der Waals surface area contributed by atoms with Gasteiger partial charge < -0.3 is 4.74 Å². The highest BCUT2D eigenvalue weighted by Gasteiger charge is 2.17. The average molecular weight is 282 g/mol. The molecule has 1 heterocycles. The first kappa shape index (κ1) is 13.4. The van der Waals surface area contributed by atoms with Crippen LogP contribution in [-0.4, -0.2) is 14.7 Å². The molecule has 0 saturated carbocycles. The Labute approximate surface area is 114 Å². The Bertz CT molecular complexity index is 598. The van der Waals surface area contributed by atoms with E-state index in [0.717, 1.165) is 6.54 Å². The molecule has 0 bridgehead atoms. The summed E-state index contributed by atoms with van der Waals surface area (Å²) in [6.07, 6.45) is 3.29. The first-order valence-electron chi connectivity index (χ1n) is 5.69. The molecule has 6 nitrogen and oxygen atoms in total. The van der Waals surface area contributed by atoms with Gasteiger partial charge in [0.05, 0.1) is 27.9 Å². The molecule has 0 saturated heterocycles. The Kier molecular flexibility index (Phi) is 4.01. The molecule has 0 N–H and O–H groups in total. The van der Waals surface area contributed by atoms with Gasteiger partial charge in [-0.25, -0.2) is 0 Å². The molecule has 0 radical (unpaired) electrons. The molecule has 0 unspecified atom stereocenters. The molecular weight excluding hydrogens is 270 g/mol. The van der Waals surface area contributed by atoms with Gasteiger partial charge in [0.2, 0.25) is 0 Å². The van der Waals surface area contributed by atoms with Crippen LogP contribution in [0.25, 0.3) is 0 Å². The van der Waals surface area contributed by atoms with Gasteiger partial charge in [0.15, 0.2) is 5.75 Å². The number of nitro groups is 1. The van der Waals surface area contributed by atoms with Crippen LogP contribution in [-0.2, 0) is 13.2 Å². The van der Waals surface area contributed by atoms with Gasteiger partial charge in [-0.2, -0.15) is 5.10 Å². The lowest BCUT2D eigenvalue weighted by molar-refractivity contribution is -0.385. The lowest BCUT2D eigenvalue weighted by Crippen LogP contribution is -2.01. The van der Waals surface area contributed by atoms with Gasteiger partial charge >= 0.3 is 0 Å². The molecule has 0 fully saturated rings. The van der Waals surface area contributed by atoms with E-state index in [0.29, 0.717) is 16.3 Å². The SMILES string of the molecule is CCn1cc(OCc2c(Cl)cccc2[N+](=O)[O-])cn1. The Morgan fingerprint density at radius 3 is 2.95 bits per heavy atom. The minimum Gasteiger partial charge on any atom is -0.485 e. The van der Waals surface area contributed by atoms with E-state index in [1.807, 2.05) is 6.92 Å². The molecule has 0 amide bonds. The quantitative estimate of drug-likeness (QED) is 0.624.